The first kappa shape index (κ1) is 14.9. The summed E-state index contributed by atoms with van der Waals surface area (Å²) in [6.45, 7) is 0. The number of aliphatic hydroxyl groups excluding tert-OH is 2. The van der Waals surface area contributed by atoms with Crippen molar-refractivity contribution in [1.82, 2.24) is 0 Å². The monoisotopic (exact) mass is 296 g/mol. The zero-order valence-electron chi connectivity index (χ0n) is 11.9. The van der Waals surface area contributed by atoms with Gasteiger partial charge in [-0.1, -0.05) is 30.3 Å². The number of hydrogen-bond donors (Lipinski definition) is 3. The first-order valence-corrected chi connectivity index (χ1v) is 6.90. The summed E-state index contributed by atoms with van der Waals surface area (Å²) >= 11 is 0. The third-order valence-corrected chi connectivity index (χ3v) is 4.58. The van der Waals surface area contributed by atoms with Crippen LogP contribution >= 0.6 is 0 Å². The summed E-state index contributed by atoms with van der Waals surface area (Å²) in [5.41, 5.74) is -0.721. The van der Waals surface area contributed by atoms with Crippen molar-refractivity contribution < 1.29 is 29.5 Å². The number of hydrogen-bond acceptors (Lipinski definition) is 6. The molecule has 1 aliphatic carbocycles. The smallest absolute Gasteiger partial charge is 0.186 e. The Morgan fingerprint density at radius 1 is 1.05 bits per heavy atom. The second kappa shape index (κ2) is 5.31. The molecule has 0 aromatic heterocycles. The second-order valence-corrected chi connectivity index (χ2v) is 5.57. The molecule has 2 aliphatic rings. The largest absolute Gasteiger partial charge is 0.390 e. The van der Waals surface area contributed by atoms with Gasteiger partial charge < -0.3 is 29.5 Å². The Morgan fingerprint density at radius 3 is 2.29 bits per heavy atom. The number of fused-ring (bicyclic) bond motifs is 1. The fraction of sp³-hybridized carbons (Fsp3) is 0.600. The first-order valence-electron chi connectivity index (χ1n) is 6.90. The number of benzene rings is 1. The SMILES string of the molecule is CO[C@H]1O[C@@H]2C(O)C(c3ccccc3)[C@@]2(O)[C@H](OC)[C@H]1O. The molecule has 1 heterocycles. The van der Waals surface area contributed by atoms with Gasteiger partial charge in [-0.25, -0.2) is 0 Å². The minimum atomic E-state index is -1.50. The average molecular weight is 296 g/mol. The van der Waals surface area contributed by atoms with Gasteiger partial charge in [0.05, 0.1) is 6.10 Å². The lowest BCUT2D eigenvalue weighted by atomic mass is 9.57. The molecule has 1 aliphatic heterocycles. The van der Waals surface area contributed by atoms with E-state index in [2.05, 4.69) is 0 Å². The van der Waals surface area contributed by atoms with Crippen molar-refractivity contribution in [3.8, 4) is 0 Å². The van der Waals surface area contributed by atoms with Gasteiger partial charge in [0.1, 0.15) is 23.9 Å². The Balaban J connectivity index is 1.97. The van der Waals surface area contributed by atoms with E-state index in [0.717, 1.165) is 5.56 Å². The Bertz CT molecular complexity index is 494. The van der Waals surface area contributed by atoms with Crippen LogP contribution in [-0.2, 0) is 14.2 Å². The van der Waals surface area contributed by atoms with Crippen molar-refractivity contribution >= 4 is 0 Å². The highest BCUT2D eigenvalue weighted by atomic mass is 16.7. The van der Waals surface area contributed by atoms with Crippen LogP contribution in [0, 0.1) is 0 Å². The van der Waals surface area contributed by atoms with Gasteiger partial charge >= 0.3 is 0 Å². The Hall–Kier alpha value is -1.02. The van der Waals surface area contributed by atoms with Crippen LogP contribution in [0.4, 0.5) is 0 Å². The highest BCUT2D eigenvalue weighted by Gasteiger charge is 2.71. The molecule has 3 N–H and O–H groups in total. The maximum absolute atomic E-state index is 11.0. The van der Waals surface area contributed by atoms with Gasteiger partial charge in [0.2, 0.25) is 0 Å². The minimum Gasteiger partial charge on any atom is -0.390 e. The summed E-state index contributed by atoms with van der Waals surface area (Å²) in [6, 6.07) is 9.17. The fourth-order valence-electron chi connectivity index (χ4n) is 3.60. The van der Waals surface area contributed by atoms with Crippen molar-refractivity contribution in [2.45, 2.75) is 42.2 Å². The zero-order valence-corrected chi connectivity index (χ0v) is 11.9. The molecule has 6 nitrogen and oxygen atoms in total. The Kier molecular flexibility index (Phi) is 3.77. The van der Waals surface area contributed by atoms with Gasteiger partial charge in [-0.05, 0) is 5.56 Å². The molecule has 0 radical (unpaired) electrons. The molecular formula is C15H20O6. The molecule has 1 saturated heterocycles. The number of rotatable bonds is 3. The van der Waals surface area contributed by atoms with E-state index in [1.165, 1.54) is 14.2 Å². The van der Waals surface area contributed by atoms with E-state index in [0.29, 0.717) is 0 Å². The van der Waals surface area contributed by atoms with Crippen LogP contribution in [0.15, 0.2) is 30.3 Å². The van der Waals surface area contributed by atoms with Gasteiger partial charge in [-0.2, -0.15) is 0 Å². The van der Waals surface area contributed by atoms with Crippen LogP contribution in [0.3, 0.4) is 0 Å². The van der Waals surface area contributed by atoms with E-state index in [9.17, 15) is 15.3 Å². The maximum atomic E-state index is 11.0. The van der Waals surface area contributed by atoms with Gasteiger partial charge in [0, 0.05) is 20.1 Å². The van der Waals surface area contributed by atoms with Crippen molar-refractivity contribution in [3.05, 3.63) is 35.9 Å². The van der Waals surface area contributed by atoms with Crippen molar-refractivity contribution in [2.24, 2.45) is 0 Å². The van der Waals surface area contributed by atoms with Crippen molar-refractivity contribution in [2.75, 3.05) is 14.2 Å². The molecule has 21 heavy (non-hydrogen) atoms. The van der Waals surface area contributed by atoms with Crippen molar-refractivity contribution in [3.63, 3.8) is 0 Å². The quantitative estimate of drug-likeness (QED) is 0.705. The number of methoxy groups -OCH3 is 2. The van der Waals surface area contributed by atoms with Gasteiger partial charge in [-0.3, -0.25) is 0 Å². The lowest BCUT2D eigenvalue weighted by molar-refractivity contribution is -0.386. The van der Waals surface area contributed by atoms with Gasteiger partial charge in [-0.15, -0.1) is 0 Å². The van der Waals surface area contributed by atoms with Gasteiger partial charge in [0.15, 0.2) is 6.29 Å². The molecule has 1 aromatic carbocycles. The van der Waals surface area contributed by atoms with E-state index < -0.39 is 42.2 Å². The Morgan fingerprint density at radius 2 is 1.71 bits per heavy atom. The van der Waals surface area contributed by atoms with E-state index in [1.807, 2.05) is 30.3 Å². The van der Waals surface area contributed by atoms with Crippen LogP contribution in [0.25, 0.3) is 0 Å². The van der Waals surface area contributed by atoms with Crippen LogP contribution in [0.1, 0.15) is 11.5 Å². The zero-order chi connectivity index (χ0) is 15.2. The van der Waals surface area contributed by atoms with E-state index in [4.69, 9.17) is 14.2 Å². The molecular weight excluding hydrogens is 276 g/mol. The Labute approximate surface area is 122 Å². The third kappa shape index (κ3) is 1.95. The summed E-state index contributed by atoms with van der Waals surface area (Å²) in [4.78, 5) is 0. The number of ether oxygens (including phenoxy) is 3. The molecule has 0 bridgehead atoms. The molecule has 2 unspecified atom stereocenters. The summed E-state index contributed by atoms with van der Waals surface area (Å²) in [5.74, 6) is -0.582. The van der Waals surface area contributed by atoms with Crippen molar-refractivity contribution in [1.29, 1.82) is 0 Å². The second-order valence-electron chi connectivity index (χ2n) is 5.57. The predicted octanol–water partition coefficient (Wildman–Crippen LogP) is -0.377. The maximum Gasteiger partial charge on any atom is 0.186 e. The number of aliphatic hydroxyl groups is 3. The van der Waals surface area contributed by atoms with Crippen LogP contribution in [0.5, 0.6) is 0 Å². The molecule has 3 rings (SSSR count). The van der Waals surface area contributed by atoms with Gasteiger partial charge in [0.25, 0.3) is 0 Å². The summed E-state index contributed by atoms with van der Waals surface area (Å²) in [5, 5.41) is 31.6. The fourth-order valence-corrected chi connectivity index (χ4v) is 3.60. The lowest BCUT2D eigenvalue weighted by Gasteiger charge is -2.62. The molecule has 0 amide bonds. The minimum absolute atomic E-state index is 0.582. The predicted molar refractivity (Wildman–Crippen MR) is 72.6 cm³/mol. The van der Waals surface area contributed by atoms with Crippen LogP contribution < -0.4 is 0 Å². The molecule has 116 valence electrons. The lowest BCUT2D eigenvalue weighted by Crippen LogP contribution is -2.80. The summed E-state index contributed by atoms with van der Waals surface area (Å²) in [7, 11) is 2.80. The van der Waals surface area contributed by atoms with Crippen LogP contribution in [-0.4, -0.2) is 65.8 Å². The van der Waals surface area contributed by atoms with Crippen LogP contribution in [0.2, 0.25) is 0 Å². The molecule has 1 aromatic rings. The normalized spacial score (nSPS) is 45.8. The summed E-state index contributed by atoms with van der Waals surface area (Å²) < 4.78 is 15.8. The van der Waals surface area contributed by atoms with E-state index in [1.54, 1.807) is 0 Å². The standard InChI is InChI=1S/C15H20O6/c1-19-12-11(17)14(20-2)21-13-10(16)9(15(12,13)18)8-6-4-3-5-7-8/h3-7,9-14,16-18H,1-2H3/t9?,10?,11-,12-,13-,14+,15-/m1/s1. The molecule has 7 atom stereocenters. The molecule has 6 heteroatoms. The molecule has 0 spiro atoms. The summed E-state index contributed by atoms with van der Waals surface area (Å²) in [6.07, 6.45) is -4.73. The average Bonchev–Trinajstić information content (AvgIpc) is 2.49. The topological polar surface area (TPSA) is 88.4 Å². The van der Waals surface area contributed by atoms with E-state index in [-0.39, 0.29) is 0 Å². The van der Waals surface area contributed by atoms with E-state index >= 15 is 0 Å². The molecule has 1 saturated carbocycles. The first-order chi connectivity index (χ1) is 10.1. The third-order valence-electron chi connectivity index (χ3n) is 4.58. The highest BCUT2D eigenvalue weighted by molar-refractivity contribution is 5.35. The highest BCUT2D eigenvalue weighted by Crippen LogP contribution is 2.54. The molecule has 2 fully saturated rings.